The lowest BCUT2D eigenvalue weighted by Gasteiger charge is -2.36. The third-order valence-corrected chi connectivity index (χ3v) is 5.39. The summed E-state index contributed by atoms with van der Waals surface area (Å²) in [5, 5.41) is 20.3. The second kappa shape index (κ2) is 8.17. The summed E-state index contributed by atoms with van der Waals surface area (Å²) in [6.07, 6.45) is 1.12. The minimum Gasteiger partial charge on any atom is -0.481 e. The lowest BCUT2D eigenvalue weighted by Crippen LogP contribution is -2.48. The number of rotatable bonds is 6. The Morgan fingerprint density at radius 1 is 1.38 bits per heavy atom. The van der Waals surface area contributed by atoms with Crippen LogP contribution >= 0.6 is 11.8 Å². The zero-order chi connectivity index (χ0) is 19.4. The Bertz CT molecular complexity index is 754. The Labute approximate surface area is 153 Å². The third-order valence-electron chi connectivity index (χ3n) is 4.34. The molecule has 0 spiro atoms. The molecule has 10 heteroatoms. The third kappa shape index (κ3) is 4.51. The molecule has 9 nitrogen and oxygen atoms in total. The van der Waals surface area contributed by atoms with Crippen LogP contribution in [0.2, 0.25) is 0 Å². The number of likely N-dealkylation sites (tertiary alicyclic amines) is 1. The Kier molecular flexibility index (Phi) is 6.19. The molecule has 1 aliphatic heterocycles. The first-order valence-corrected chi connectivity index (χ1v) is 8.92. The van der Waals surface area contributed by atoms with Gasteiger partial charge < -0.3 is 15.7 Å². The van der Waals surface area contributed by atoms with Gasteiger partial charge in [0.2, 0.25) is 11.8 Å². The van der Waals surface area contributed by atoms with Crippen LogP contribution in [0.1, 0.15) is 30.1 Å². The highest BCUT2D eigenvalue weighted by atomic mass is 32.2. The van der Waals surface area contributed by atoms with Crippen LogP contribution in [0.15, 0.2) is 23.1 Å². The summed E-state index contributed by atoms with van der Waals surface area (Å²) in [5.74, 6) is -2.64. The molecule has 1 aromatic rings. The van der Waals surface area contributed by atoms with Gasteiger partial charge in [-0.3, -0.25) is 24.5 Å². The summed E-state index contributed by atoms with van der Waals surface area (Å²) in [4.78, 5) is 47.1. The predicted octanol–water partition coefficient (Wildman–Crippen LogP) is 1.50. The van der Waals surface area contributed by atoms with Crippen molar-refractivity contribution in [3.63, 3.8) is 0 Å². The number of nitro benzene ring substituents is 1. The van der Waals surface area contributed by atoms with Crippen LogP contribution in [0.25, 0.3) is 0 Å². The molecule has 3 N–H and O–H groups in total. The van der Waals surface area contributed by atoms with Crippen LogP contribution in [0, 0.1) is 16.0 Å². The standard InChI is InChI=1S/C16H19N3O6S/c1-9-2-3-11(16(22)23)7-18(9)14(20)8-26-13-5-4-10(15(17)21)6-12(13)19(24)25/h4-6,9,11H,2-3,7-8H2,1H3,(H2,17,21)(H,22,23). The molecule has 26 heavy (non-hydrogen) atoms. The van der Waals surface area contributed by atoms with Crippen molar-refractivity contribution in [2.45, 2.75) is 30.7 Å². The van der Waals surface area contributed by atoms with E-state index in [1.807, 2.05) is 6.92 Å². The fourth-order valence-electron chi connectivity index (χ4n) is 2.81. The number of nitrogens with two attached hydrogens (primary N) is 1. The van der Waals surface area contributed by atoms with Gasteiger partial charge in [0, 0.05) is 24.2 Å². The molecule has 0 bridgehead atoms. The minimum atomic E-state index is -0.931. The summed E-state index contributed by atoms with van der Waals surface area (Å²) >= 11 is 0.977. The number of nitrogens with zero attached hydrogens (tertiary/aromatic N) is 2. The quantitative estimate of drug-likeness (QED) is 0.431. The van der Waals surface area contributed by atoms with E-state index >= 15 is 0 Å². The van der Waals surface area contributed by atoms with Gasteiger partial charge in [0.05, 0.1) is 21.5 Å². The zero-order valence-corrected chi connectivity index (χ0v) is 14.9. The molecule has 0 radical (unpaired) electrons. The van der Waals surface area contributed by atoms with Gasteiger partial charge in [-0.05, 0) is 31.9 Å². The molecule has 2 rings (SSSR count). The van der Waals surface area contributed by atoms with Gasteiger partial charge >= 0.3 is 5.97 Å². The van der Waals surface area contributed by atoms with Gasteiger partial charge in [0.1, 0.15) is 0 Å². The number of carboxylic acids is 1. The van der Waals surface area contributed by atoms with Crippen molar-refractivity contribution in [1.82, 2.24) is 4.90 Å². The van der Waals surface area contributed by atoms with Crippen molar-refractivity contribution in [1.29, 1.82) is 0 Å². The molecular formula is C16H19N3O6S. The van der Waals surface area contributed by atoms with Gasteiger partial charge in [-0.1, -0.05) is 0 Å². The minimum absolute atomic E-state index is 0.0151. The average molecular weight is 381 g/mol. The normalized spacial score (nSPS) is 19.8. The maximum atomic E-state index is 12.5. The van der Waals surface area contributed by atoms with E-state index in [1.165, 1.54) is 17.0 Å². The summed E-state index contributed by atoms with van der Waals surface area (Å²) in [6, 6.07) is 3.76. The number of carbonyl (C=O) groups excluding carboxylic acids is 2. The first kappa shape index (κ1) is 19.7. The summed E-state index contributed by atoms with van der Waals surface area (Å²) in [7, 11) is 0. The molecule has 0 aromatic heterocycles. The number of hydrogen-bond acceptors (Lipinski definition) is 6. The van der Waals surface area contributed by atoms with Gasteiger partial charge in [-0.15, -0.1) is 11.8 Å². The van der Waals surface area contributed by atoms with E-state index in [9.17, 15) is 24.5 Å². The maximum absolute atomic E-state index is 12.5. The van der Waals surface area contributed by atoms with Crippen molar-refractivity contribution in [2.75, 3.05) is 12.3 Å². The number of carbonyl (C=O) groups is 3. The molecule has 2 unspecified atom stereocenters. The van der Waals surface area contributed by atoms with E-state index < -0.39 is 22.7 Å². The number of aliphatic carboxylic acids is 1. The Morgan fingerprint density at radius 2 is 2.08 bits per heavy atom. The first-order chi connectivity index (χ1) is 12.2. The molecule has 1 heterocycles. The van der Waals surface area contributed by atoms with Crippen molar-refractivity contribution in [3.8, 4) is 0 Å². The summed E-state index contributed by atoms with van der Waals surface area (Å²) in [5.41, 5.74) is 4.85. The van der Waals surface area contributed by atoms with Crippen molar-refractivity contribution in [3.05, 3.63) is 33.9 Å². The molecule has 0 aliphatic carbocycles. The lowest BCUT2D eigenvalue weighted by molar-refractivity contribution is -0.387. The molecule has 1 saturated heterocycles. The molecule has 2 atom stereocenters. The molecule has 1 fully saturated rings. The fourth-order valence-corrected chi connectivity index (χ4v) is 3.70. The number of benzene rings is 1. The highest BCUT2D eigenvalue weighted by Gasteiger charge is 2.32. The smallest absolute Gasteiger partial charge is 0.308 e. The Balaban J connectivity index is 2.10. The van der Waals surface area contributed by atoms with Crippen LogP contribution in [0.3, 0.4) is 0 Å². The van der Waals surface area contributed by atoms with Crippen molar-refractivity contribution >= 4 is 35.2 Å². The van der Waals surface area contributed by atoms with E-state index in [0.717, 1.165) is 17.8 Å². The Hall–Kier alpha value is -2.62. The van der Waals surface area contributed by atoms with Crippen LogP contribution < -0.4 is 5.73 Å². The number of thioether (sulfide) groups is 1. The van der Waals surface area contributed by atoms with Crippen LogP contribution in [0.5, 0.6) is 0 Å². The maximum Gasteiger partial charge on any atom is 0.308 e. The van der Waals surface area contributed by atoms with Crippen LogP contribution in [-0.4, -0.2) is 51.1 Å². The SMILES string of the molecule is CC1CCC(C(=O)O)CN1C(=O)CSc1ccc(C(N)=O)cc1[N+](=O)[O-]. The highest BCUT2D eigenvalue weighted by Crippen LogP contribution is 2.31. The number of hydrogen-bond donors (Lipinski definition) is 2. The Morgan fingerprint density at radius 3 is 2.65 bits per heavy atom. The van der Waals surface area contributed by atoms with Gasteiger partial charge in [0.15, 0.2) is 0 Å². The van der Waals surface area contributed by atoms with E-state index in [4.69, 9.17) is 10.8 Å². The van der Waals surface area contributed by atoms with Gasteiger partial charge in [-0.2, -0.15) is 0 Å². The average Bonchev–Trinajstić information content (AvgIpc) is 2.59. The molecule has 1 aliphatic rings. The lowest BCUT2D eigenvalue weighted by atomic mass is 9.93. The van der Waals surface area contributed by atoms with Crippen molar-refractivity contribution in [2.24, 2.45) is 11.7 Å². The van der Waals surface area contributed by atoms with Gasteiger partial charge in [-0.25, -0.2) is 0 Å². The molecule has 2 amide bonds. The van der Waals surface area contributed by atoms with Crippen molar-refractivity contribution < 1.29 is 24.4 Å². The number of piperidine rings is 1. The fraction of sp³-hybridized carbons (Fsp3) is 0.438. The van der Waals surface area contributed by atoms with E-state index in [0.29, 0.717) is 12.8 Å². The van der Waals surface area contributed by atoms with E-state index in [2.05, 4.69) is 0 Å². The van der Waals surface area contributed by atoms with E-state index in [1.54, 1.807) is 0 Å². The largest absolute Gasteiger partial charge is 0.481 e. The number of carboxylic acid groups (broad SMARTS) is 1. The second-order valence-electron chi connectivity index (χ2n) is 6.10. The number of primary amides is 1. The summed E-state index contributed by atoms with van der Waals surface area (Å²) < 4.78 is 0. The van der Waals surface area contributed by atoms with Crippen LogP contribution in [-0.2, 0) is 9.59 Å². The summed E-state index contributed by atoms with van der Waals surface area (Å²) in [6.45, 7) is 1.99. The molecular weight excluding hydrogens is 362 g/mol. The topological polar surface area (TPSA) is 144 Å². The molecule has 1 aromatic carbocycles. The zero-order valence-electron chi connectivity index (χ0n) is 14.1. The van der Waals surface area contributed by atoms with Crippen LogP contribution in [0.4, 0.5) is 5.69 Å². The number of amides is 2. The molecule has 140 valence electrons. The monoisotopic (exact) mass is 381 g/mol. The first-order valence-electron chi connectivity index (χ1n) is 7.94. The number of nitro groups is 1. The van der Waals surface area contributed by atoms with Gasteiger partial charge in [0.25, 0.3) is 5.69 Å². The second-order valence-corrected chi connectivity index (χ2v) is 7.12. The molecule has 0 saturated carbocycles. The van der Waals surface area contributed by atoms with E-state index in [-0.39, 0.29) is 40.4 Å². The predicted molar refractivity (Wildman–Crippen MR) is 93.9 cm³/mol. The highest BCUT2D eigenvalue weighted by molar-refractivity contribution is 8.00.